The van der Waals surface area contributed by atoms with Crippen LogP contribution in [0.15, 0.2) is 41.3 Å². The van der Waals surface area contributed by atoms with Gasteiger partial charge >= 0.3 is 0 Å². The predicted molar refractivity (Wildman–Crippen MR) is 77.8 cm³/mol. The molecule has 0 unspecified atom stereocenters. The molecule has 0 aliphatic carbocycles. The second kappa shape index (κ2) is 5.95. The van der Waals surface area contributed by atoms with Gasteiger partial charge in [0.05, 0.1) is 27.9 Å². The lowest BCUT2D eigenvalue weighted by Gasteiger charge is -2.08. The van der Waals surface area contributed by atoms with E-state index in [2.05, 4.69) is 17.9 Å². The van der Waals surface area contributed by atoms with Gasteiger partial charge in [0.2, 0.25) is 0 Å². The lowest BCUT2D eigenvalue weighted by atomic mass is 10.1. The molecule has 0 atom stereocenters. The fraction of sp³-hybridized carbons (Fsp3) is 0. The van der Waals surface area contributed by atoms with Crippen molar-refractivity contribution < 1.29 is 9.18 Å². The second-order valence-corrected chi connectivity index (χ2v) is 4.85. The third-order valence-electron chi connectivity index (χ3n) is 2.54. The van der Waals surface area contributed by atoms with Gasteiger partial charge in [-0.15, -0.1) is 12.6 Å². The van der Waals surface area contributed by atoms with Crippen molar-refractivity contribution in [3.05, 3.63) is 58.4 Å². The van der Waals surface area contributed by atoms with Gasteiger partial charge < -0.3 is 5.32 Å². The molecule has 0 radical (unpaired) electrons. The summed E-state index contributed by atoms with van der Waals surface area (Å²) < 4.78 is 13.6. The van der Waals surface area contributed by atoms with Crippen molar-refractivity contribution in [2.75, 3.05) is 5.32 Å². The molecule has 1 N–H and O–H groups in total. The summed E-state index contributed by atoms with van der Waals surface area (Å²) >= 11 is 10.00. The summed E-state index contributed by atoms with van der Waals surface area (Å²) in [5, 5.41) is 11.4. The number of carbonyl (C=O) groups is 1. The molecular weight excluding hydrogens is 299 g/mol. The van der Waals surface area contributed by atoms with Crippen LogP contribution >= 0.6 is 24.2 Å². The highest BCUT2D eigenvalue weighted by molar-refractivity contribution is 7.80. The molecule has 0 bridgehead atoms. The Kier molecular flexibility index (Phi) is 4.28. The molecule has 0 spiro atoms. The van der Waals surface area contributed by atoms with Crippen molar-refractivity contribution in [3.8, 4) is 6.07 Å². The van der Waals surface area contributed by atoms with Gasteiger partial charge in [-0.25, -0.2) is 4.39 Å². The van der Waals surface area contributed by atoms with E-state index in [1.165, 1.54) is 30.3 Å². The number of benzene rings is 2. The first-order chi connectivity index (χ1) is 9.51. The van der Waals surface area contributed by atoms with Crippen molar-refractivity contribution >= 4 is 35.8 Å². The molecule has 0 aromatic heterocycles. The first-order valence-electron chi connectivity index (χ1n) is 5.51. The molecule has 20 heavy (non-hydrogen) atoms. The topological polar surface area (TPSA) is 52.9 Å². The fourth-order valence-electron chi connectivity index (χ4n) is 1.56. The summed E-state index contributed by atoms with van der Waals surface area (Å²) in [6.07, 6.45) is 0. The van der Waals surface area contributed by atoms with E-state index in [4.69, 9.17) is 16.9 Å². The molecule has 0 saturated heterocycles. The molecule has 0 saturated carbocycles. The number of nitriles is 1. The predicted octanol–water partition coefficient (Wildman–Crippen LogP) is 3.89. The van der Waals surface area contributed by atoms with Gasteiger partial charge in [-0.1, -0.05) is 11.6 Å². The standard InChI is InChI=1S/C14H8ClFN2OS/c15-11-5-8(7-17)1-4-13(11)18-14(19)10-6-9(20)2-3-12(10)16/h1-6,20H,(H,18,19). The number of nitrogens with one attached hydrogen (secondary N) is 1. The van der Waals surface area contributed by atoms with Gasteiger partial charge in [-0.3, -0.25) is 4.79 Å². The minimum Gasteiger partial charge on any atom is -0.321 e. The monoisotopic (exact) mass is 306 g/mol. The summed E-state index contributed by atoms with van der Waals surface area (Å²) in [5.74, 6) is -1.28. The zero-order valence-electron chi connectivity index (χ0n) is 10.0. The van der Waals surface area contributed by atoms with Crippen LogP contribution in [0.5, 0.6) is 0 Å². The molecular formula is C14H8ClFN2OS. The first-order valence-corrected chi connectivity index (χ1v) is 6.33. The lowest BCUT2D eigenvalue weighted by Crippen LogP contribution is -2.14. The third kappa shape index (κ3) is 3.10. The molecule has 6 heteroatoms. The normalized spacial score (nSPS) is 9.90. The highest BCUT2D eigenvalue weighted by atomic mass is 35.5. The van der Waals surface area contributed by atoms with E-state index in [9.17, 15) is 9.18 Å². The Balaban J connectivity index is 2.28. The number of hydrogen-bond acceptors (Lipinski definition) is 3. The average Bonchev–Trinajstić information content (AvgIpc) is 2.43. The van der Waals surface area contributed by atoms with Crippen molar-refractivity contribution in [3.63, 3.8) is 0 Å². The van der Waals surface area contributed by atoms with Gasteiger partial charge in [-0.05, 0) is 36.4 Å². The first kappa shape index (κ1) is 14.4. The van der Waals surface area contributed by atoms with E-state index in [0.29, 0.717) is 16.1 Å². The maximum atomic E-state index is 13.6. The number of hydrogen-bond donors (Lipinski definition) is 2. The van der Waals surface area contributed by atoms with Crippen molar-refractivity contribution in [1.82, 2.24) is 0 Å². The Morgan fingerprint density at radius 2 is 2.05 bits per heavy atom. The van der Waals surface area contributed by atoms with E-state index in [-0.39, 0.29) is 10.6 Å². The van der Waals surface area contributed by atoms with Crippen molar-refractivity contribution in [2.24, 2.45) is 0 Å². The van der Waals surface area contributed by atoms with E-state index in [0.717, 1.165) is 6.07 Å². The Morgan fingerprint density at radius 3 is 2.70 bits per heavy atom. The van der Waals surface area contributed by atoms with Crippen LogP contribution in [-0.4, -0.2) is 5.91 Å². The minimum absolute atomic E-state index is 0.127. The molecule has 2 aromatic carbocycles. The van der Waals surface area contributed by atoms with Crippen LogP contribution in [0.3, 0.4) is 0 Å². The average molecular weight is 307 g/mol. The molecule has 1 amide bonds. The van der Waals surface area contributed by atoms with Gasteiger partial charge in [-0.2, -0.15) is 5.26 Å². The maximum absolute atomic E-state index is 13.6. The van der Waals surface area contributed by atoms with Gasteiger partial charge in [0.1, 0.15) is 5.82 Å². The highest BCUT2D eigenvalue weighted by Crippen LogP contribution is 2.24. The van der Waals surface area contributed by atoms with Gasteiger partial charge in [0.25, 0.3) is 5.91 Å². The van der Waals surface area contributed by atoms with Crippen LogP contribution < -0.4 is 5.32 Å². The number of amides is 1. The van der Waals surface area contributed by atoms with Crippen LogP contribution in [0.25, 0.3) is 0 Å². The highest BCUT2D eigenvalue weighted by Gasteiger charge is 2.13. The molecule has 100 valence electrons. The number of thiol groups is 1. The number of rotatable bonds is 2. The lowest BCUT2D eigenvalue weighted by molar-refractivity contribution is 0.102. The Hall–Kier alpha value is -2.03. The summed E-state index contributed by atoms with van der Waals surface area (Å²) in [7, 11) is 0. The summed E-state index contributed by atoms with van der Waals surface area (Å²) in [6, 6.07) is 10.3. The molecule has 3 nitrogen and oxygen atoms in total. The Bertz CT molecular complexity index is 728. The second-order valence-electron chi connectivity index (χ2n) is 3.92. The minimum atomic E-state index is -0.648. The molecule has 0 aliphatic rings. The van der Waals surface area contributed by atoms with Gasteiger partial charge in [0, 0.05) is 4.90 Å². The molecule has 0 heterocycles. The number of anilines is 1. The van der Waals surface area contributed by atoms with Crippen LogP contribution in [0.1, 0.15) is 15.9 Å². The third-order valence-corrected chi connectivity index (χ3v) is 3.13. The molecule has 0 fully saturated rings. The van der Waals surface area contributed by atoms with E-state index >= 15 is 0 Å². The number of carbonyl (C=O) groups excluding carboxylic acids is 1. The number of halogens is 2. The van der Waals surface area contributed by atoms with Crippen LogP contribution in [0.2, 0.25) is 5.02 Å². The van der Waals surface area contributed by atoms with E-state index in [1.807, 2.05) is 6.07 Å². The molecule has 2 rings (SSSR count). The maximum Gasteiger partial charge on any atom is 0.258 e. The fourth-order valence-corrected chi connectivity index (χ4v) is 1.99. The molecule has 0 aliphatic heterocycles. The van der Waals surface area contributed by atoms with Crippen LogP contribution in [0, 0.1) is 17.1 Å². The van der Waals surface area contributed by atoms with Crippen molar-refractivity contribution in [1.29, 1.82) is 5.26 Å². The SMILES string of the molecule is N#Cc1ccc(NC(=O)c2cc(S)ccc2F)c(Cl)c1. The molecule has 2 aromatic rings. The Labute approximate surface area is 125 Å². The van der Waals surface area contributed by atoms with Crippen molar-refractivity contribution in [2.45, 2.75) is 4.90 Å². The van der Waals surface area contributed by atoms with E-state index < -0.39 is 11.7 Å². The quantitative estimate of drug-likeness (QED) is 0.827. The largest absolute Gasteiger partial charge is 0.321 e. The zero-order chi connectivity index (χ0) is 14.7. The summed E-state index contributed by atoms with van der Waals surface area (Å²) in [4.78, 5) is 12.5. The zero-order valence-corrected chi connectivity index (χ0v) is 11.7. The smallest absolute Gasteiger partial charge is 0.258 e. The van der Waals surface area contributed by atoms with E-state index in [1.54, 1.807) is 0 Å². The summed E-state index contributed by atoms with van der Waals surface area (Å²) in [5.41, 5.74) is 0.550. The van der Waals surface area contributed by atoms with Gasteiger partial charge in [0.15, 0.2) is 0 Å². The van der Waals surface area contributed by atoms with Crippen LogP contribution in [0.4, 0.5) is 10.1 Å². The summed E-state index contributed by atoms with van der Waals surface area (Å²) in [6.45, 7) is 0. The number of nitrogens with zero attached hydrogens (tertiary/aromatic N) is 1. The van der Waals surface area contributed by atoms with Crippen LogP contribution in [-0.2, 0) is 0 Å². The Morgan fingerprint density at radius 1 is 1.30 bits per heavy atom.